The van der Waals surface area contributed by atoms with E-state index in [1.165, 1.54) is 7.11 Å². The zero-order valence-electron chi connectivity index (χ0n) is 9.51. The van der Waals surface area contributed by atoms with Gasteiger partial charge in [0.05, 0.1) is 18.3 Å². The SMILES string of the molecule is COCC(N)C(=O)NC(C)c1ccccn1. The lowest BCUT2D eigenvalue weighted by atomic mass is 10.2. The lowest BCUT2D eigenvalue weighted by Crippen LogP contribution is -2.44. The summed E-state index contributed by atoms with van der Waals surface area (Å²) in [4.78, 5) is 15.7. The third-order valence-corrected chi connectivity index (χ3v) is 2.17. The minimum atomic E-state index is -0.642. The fraction of sp³-hybridized carbons (Fsp3) is 0.455. The molecule has 3 N–H and O–H groups in total. The molecule has 1 aromatic heterocycles. The number of hydrogen-bond donors (Lipinski definition) is 2. The topological polar surface area (TPSA) is 77.2 Å². The first-order valence-corrected chi connectivity index (χ1v) is 5.11. The molecule has 1 amide bonds. The monoisotopic (exact) mass is 223 g/mol. The van der Waals surface area contributed by atoms with Crippen LogP contribution in [0.2, 0.25) is 0 Å². The molecular formula is C11H17N3O2. The Morgan fingerprint density at radius 1 is 1.62 bits per heavy atom. The van der Waals surface area contributed by atoms with E-state index >= 15 is 0 Å². The summed E-state index contributed by atoms with van der Waals surface area (Å²) in [6.45, 7) is 2.07. The van der Waals surface area contributed by atoms with Crippen molar-refractivity contribution >= 4 is 5.91 Å². The van der Waals surface area contributed by atoms with Crippen LogP contribution in [-0.4, -0.2) is 30.6 Å². The van der Waals surface area contributed by atoms with Crippen molar-refractivity contribution in [2.45, 2.75) is 19.0 Å². The van der Waals surface area contributed by atoms with E-state index in [0.717, 1.165) is 5.69 Å². The zero-order chi connectivity index (χ0) is 12.0. The van der Waals surface area contributed by atoms with Crippen LogP contribution < -0.4 is 11.1 Å². The predicted octanol–water partition coefficient (Wildman–Crippen LogP) is 0.232. The molecule has 0 saturated heterocycles. The molecule has 1 aromatic rings. The Labute approximate surface area is 95.0 Å². The third-order valence-electron chi connectivity index (χ3n) is 2.17. The minimum Gasteiger partial charge on any atom is -0.383 e. The second-order valence-corrected chi connectivity index (χ2v) is 3.55. The molecule has 0 spiro atoms. The molecule has 0 fully saturated rings. The van der Waals surface area contributed by atoms with E-state index < -0.39 is 6.04 Å². The fourth-order valence-electron chi connectivity index (χ4n) is 1.28. The lowest BCUT2D eigenvalue weighted by Gasteiger charge is -2.16. The number of methoxy groups -OCH3 is 1. The second kappa shape index (κ2) is 6.19. The van der Waals surface area contributed by atoms with E-state index in [9.17, 15) is 4.79 Å². The predicted molar refractivity (Wildman–Crippen MR) is 60.6 cm³/mol. The molecule has 16 heavy (non-hydrogen) atoms. The Bertz CT molecular complexity index is 329. The van der Waals surface area contributed by atoms with Crippen molar-refractivity contribution in [1.29, 1.82) is 0 Å². The van der Waals surface area contributed by atoms with Crippen molar-refractivity contribution in [3.63, 3.8) is 0 Å². The second-order valence-electron chi connectivity index (χ2n) is 3.55. The number of ether oxygens (including phenoxy) is 1. The highest BCUT2D eigenvalue weighted by molar-refractivity contribution is 5.81. The van der Waals surface area contributed by atoms with E-state index in [2.05, 4.69) is 10.3 Å². The Hall–Kier alpha value is -1.46. The smallest absolute Gasteiger partial charge is 0.239 e. The van der Waals surface area contributed by atoms with Crippen molar-refractivity contribution in [1.82, 2.24) is 10.3 Å². The number of carbonyl (C=O) groups excluding carboxylic acids is 1. The summed E-state index contributed by atoms with van der Waals surface area (Å²) in [7, 11) is 1.51. The number of rotatable bonds is 5. The average molecular weight is 223 g/mol. The van der Waals surface area contributed by atoms with Gasteiger partial charge in [0.25, 0.3) is 0 Å². The molecule has 0 bridgehead atoms. The van der Waals surface area contributed by atoms with Crippen LogP contribution in [0.25, 0.3) is 0 Å². The number of nitrogens with zero attached hydrogens (tertiary/aromatic N) is 1. The van der Waals surface area contributed by atoms with Crippen LogP contribution in [0.1, 0.15) is 18.7 Å². The average Bonchev–Trinajstić information content (AvgIpc) is 2.30. The summed E-state index contributed by atoms with van der Waals surface area (Å²) in [5.41, 5.74) is 6.40. The fourth-order valence-corrected chi connectivity index (χ4v) is 1.28. The standard InChI is InChI=1S/C11H17N3O2/c1-8(10-5-3-4-6-13-10)14-11(15)9(12)7-16-2/h3-6,8-9H,7,12H2,1-2H3,(H,14,15). The molecule has 5 nitrogen and oxygen atoms in total. The molecular weight excluding hydrogens is 206 g/mol. The number of hydrogen-bond acceptors (Lipinski definition) is 4. The molecule has 0 aliphatic rings. The van der Waals surface area contributed by atoms with Crippen LogP contribution in [0, 0.1) is 0 Å². The molecule has 88 valence electrons. The van der Waals surface area contributed by atoms with Gasteiger partial charge in [-0.1, -0.05) is 6.07 Å². The van der Waals surface area contributed by atoms with Crippen LogP contribution in [-0.2, 0) is 9.53 Å². The maximum atomic E-state index is 11.6. The summed E-state index contributed by atoms with van der Waals surface area (Å²) in [5, 5.41) is 2.77. The molecule has 0 aliphatic carbocycles. The van der Waals surface area contributed by atoms with Crippen molar-refractivity contribution in [3.05, 3.63) is 30.1 Å². The van der Waals surface area contributed by atoms with Crippen LogP contribution >= 0.6 is 0 Å². The summed E-state index contributed by atoms with van der Waals surface area (Å²) in [6.07, 6.45) is 1.69. The first kappa shape index (κ1) is 12.6. The number of aromatic nitrogens is 1. The van der Waals surface area contributed by atoms with E-state index in [1.807, 2.05) is 25.1 Å². The van der Waals surface area contributed by atoms with Gasteiger partial charge < -0.3 is 15.8 Å². The van der Waals surface area contributed by atoms with Gasteiger partial charge in [-0.05, 0) is 19.1 Å². The van der Waals surface area contributed by atoms with E-state index in [0.29, 0.717) is 0 Å². The number of carbonyl (C=O) groups is 1. The van der Waals surface area contributed by atoms with Crippen molar-refractivity contribution < 1.29 is 9.53 Å². The Kier molecular flexibility index (Phi) is 4.88. The molecule has 2 atom stereocenters. The first-order valence-electron chi connectivity index (χ1n) is 5.11. The summed E-state index contributed by atoms with van der Waals surface area (Å²) in [6, 6.07) is 4.76. The van der Waals surface area contributed by atoms with E-state index in [-0.39, 0.29) is 18.6 Å². The maximum Gasteiger partial charge on any atom is 0.239 e. The van der Waals surface area contributed by atoms with Gasteiger partial charge in [-0.2, -0.15) is 0 Å². The van der Waals surface area contributed by atoms with Gasteiger partial charge in [0.15, 0.2) is 0 Å². The molecule has 5 heteroatoms. The summed E-state index contributed by atoms with van der Waals surface area (Å²) in [5.74, 6) is -0.236. The van der Waals surface area contributed by atoms with E-state index in [4.69, 9.17) is 10.5 Å². The van der Waals surface area contributed by atoms with Crippen molar-refractivity contribution in [2.75, 3.05) is 13.7 Å². The molecule has 2 unspecified atom stereocenters. The van der Waals surface area contributed by atoms with Gasteiger partial charge in [0, 0.05) is 13.3 Å². The van der Waals surface area contributed by atoms with Crippen LogP contribution in [0.4, 0.5) is 0 Å². The maximum absolute atomic E-state index is 11.6. The molecule has 0 saturated carbocycles. The molecule has 1 heterocycles. The van der Waals surface area contributed by atoms with Crippen LogP contribution in [0.5, 0.6) is 0 Å². The third kappa shape index (κ3) is 3.60. The number of amides is 1. The molecule has 0 radical (unpaired) electrons. The van der Waals surface area contributed by atoms with Gasteiger partial charge in [-0.25, -0.2) is 0 Å². The van der Waals surface area contributed by atoms with Gasteiger partial charge in [-0.15, -0.1) is 0 Å². The lowest BCUT2D eigenvalue weighted by molar-refractivity contribution is -0.124. The summed E-state index contributed by atoms with van der Waals surface area (Å²) >= 11 is 0. The Morgan fingerprint density at radius 2 is 2.38 bits per heavy atom. The first-order chi connectivity index (χ1) is 7.65. The van der Waals surface area contributed by atoms with Gasteiger partial charge >= 0.3 is 0 Å². The zero-order valence-corrected chi connectivity index (χ0v) is 9.51. The Balaban J connectivity index is 2.51. The van der Waals surface area contributed by atoms with E-state index in [1.54, 1.807) is 6.20 Å². The van der Waals surface area contributed by atoms with Gasteiger partial charge in [-0.3, -0.25) is 9.78 Å². The number of pyridine rings is 1. The molecule has 1 rings (SSSR count). The highest BCUT2D eigenvalue weighted by Crippen LogP contribution is 2.07. The van der Waals surface area contributed by atoms with Crippen molar-refractivity contribution in [2.24, 2.45) is 5.73 Å². The normalized spacial score (nSPS) is 14.2. The highest BCUT2D eigenvalue weighted by Gasteiger charge is 2.16. The number of nitrogens with one attached hydrogen (secondary N) is 1. The largest absolute Gasteiger partial charge is 0.383 e. The molecule has 0 aromatic carbocycles. The highest BCUT2D eigenvalue weighted by atomic mass is 16.5. The van der Waals surface area contributed by atoms with Gasteiger partial charge in [0.2, 0.25) is 5.91 Å². The molecule has 0 aliphatic heterocycles. The quantitative estimate of drug-likeness (QED) is 0.749. The Morgan fingerprint density at radius 3 is 2.94 bits per heavy atom. The van der Waals surface area contributed by atoms with Crippen LogP contribution in [0.15, 0.2) is 24.4 Å². The summed E-state index contributed by atoms with van der Waals surface area (Å²) < 4.78 is 4.81. The van der Waals surface area contributed by atoms with Crippen LogP contribution in [0.3, 0.4) is 0 Å². The number of nitrogens with two attached hydrogens (primary N) is 1. The minimum absolute atomic E-state index is 0.156. The van der Waals surface area contributed by atoms with Gasteiger partial charge in [0.1, 0.15) is 6.04 Å². The van der Waals surface area contributed by atoms with Crippen molar-refractivity contribution in [3.8, 4) is 0 Å².